The number of likely N-dealkylation sites (N-methyl/N-ethyl adjacent to an activating group) is 1. The number of benzene rings is 2. The molecule has 1 N–H and O–H groups in total. The first kappa shape index (κ1) is 14.7. The van der Waals surface area contributed by atoms with Crippen LogP contribution in [0.3, 0.4) is 0 Å². The molecule has 0 fully saturated rings. The molecule has 0 aliphatic carbocycles. The summed E-state index contributed by atoms with van der Waals surface area (Å²) in [6.45, 7) is 7.11. The van der Waals surface area contributed by atoms with Crippen LogP contribution in [0.25, 0.3) is 11.1 Å². The molecule has 0 aromatic heterocycles. The van der Waals surface area contributed by atoms with Gasteiger partial charge in [0.15, 0.2) is 0 Å². The molecule has 0 saturated heterocycles. The minimum atomic E-state index is -0.148. The predicted octanol–water partition coefficient (Wildman–Crippen LogP) is 4.34. The summed E-state index contributed by atoms with van der Waals surface area (Å²) in [6, 6.07) is 14.3. The SMILES string of the molecule is CCNC(C)Cc1ccc(-c2ccc(F)c(C)c2)cc1. The molecule has 1 nitrogen and oxygen atoms in total. The van der Waals surface area contributed by atoms with E-state index in [2.05, 4.69) is 43.4 Å². The van der Waals surface area contributed by atoms with Crippen LogP contribution in [0.5, 0.6) is 0 Å². The van der Waals surface area contributed by atoms with Crippen LogP contribution in [-0.4, -0.2) is 12.6 Å². The molecule has 106 valence electrons. The third kappa shape index (κ3) is 3.67. The Hall–Kier alpha value is -1.67. The molecule has 0 amide bonds. The van der Waals surface area contributed by atoms with Gasteiger partial charge in [-0.3, -0.25) is 0 Å². The Bertz CT molecular complexity index is 560. The Kier molecular flexibility index (Phi) is 4.91. The first-order valence-corrected chi connectivity index (χ1v) is 7.19. The van der Waals surface area contributed by atoms with Crippen LogP contribution < -0.4 is 5.32 Å². The summed E-state index contributed by atoms with van der Waals surface area (Å²) in [5.74, 6) is -0.148. The zero-order valence-corrected chi connectivity index (χ0v) is 12.4. The van der Waals surface area contributed by atoms with Gasteiger partial charge in [0.1, 0.15) is 5.82 Å². The van der Waals surface area contributed by atoms with Crippen molar-refractivity contribution in [2.45, 2.75) is 33.2 Å². The Labute approximate surface area is 120 Å². The first-order chi connectivity index (χ1) is 9.60. The Morgan fingerprint density at radius 1 is 1.05 bits per heavy atom. The van der Waals surface area contributed by atoms with Crippen molar-refractivity contribution in [3.63, 3.8) is 0 Å². The highest BCUT2D eigenvalue weighted by atomic mass is 19.1. The lowest BCUT2D eigenvalue weighted by Crippen LogP contribution is -2.27. The molecule has 2 rings (SSSR count). The first-order valence-electron chi connectivity index (χ1n) is 7.19. The zero-order chi connectivity index (χ0) is 14.5. The van der Waals surface area contributed by atoms with Gasteiger partial charge in [0.2, 0.25) is 0 Å². The number of nitrogens with one attached hydrogen (secondary N) is 1. The van der Waals surface area contributed by atoms with Crippen LogP contribution in [0, 0.1) is 12.7 Å². The fraction of sp³-hybridized carbons (Fsp3) is 0.333. The number of hydrogen-bond acceptors (Lipinski definition) is 1. The van der Waals surface area contributed by atoms with Crippen molar-refractivity contribution in [3.05, 3.63) is 59.4 Å². The highest BCUT2D eigenvalue weighted by molar-refractivity contribution is 5.64. The molecule has 1 unspecified atom stereocenters. The topological polar surface area (TPSA) is 12.0 Å². The van der Waals surface area contributed by atoms with Crippen LogP contribution in [0.2, 0.25) is 0 Å². The van der Waals surface area contributed by atoms with E-state index in [0.29, 0.717) is 11.6 Å². The van der Waals surface area contributed by atoms with Crippen LogP contribution in [0.4, 0.5) is 4.39 Å². The second-order valence-electron chi connectivity index (χ2n) is 5.32. The normalized spacial score (nSPS) is 12.4. The molecular formula is C18H22FN. The monoisotopic (exact) mass is 271 g/mol. The van der Waals surface area contributed by atoms with Crippen molar-refractivity contribution in [2.75, 3.05) is 6.54 Å². The van der Waals surface area contributed by atoms with Crippen molar-refractivity contribution in [3.8, 4) is 11.1 Å². The number of hydrogen-bond donors (Lipinski definition) is 1. The van der Waals surface area contributed by atoms with Gasteiger partial charge in [-0.25, -0.2) is 4.39 Å². The summed E-state index contributed by atoms with van der Waals surface area (Å²) in [7, 11) is 0. The molecule has 0 bridgehead atoms. The van der Waals surface area contributed by atoms with E-state index in [1.165, 1.54) is 11.6 Å². The third-order valence-corrected chi connectivity index (χ3v) is 3.54. The molecule has 0 saturated carbocycles. The van der Waals surface area contributed by atoms with E-state index in [0.717, 1.165) is 24.1 Å². The number of halogens is 1. The molecule has 2 aromatic carbocycles. The maximum absolute atomic E-state index is 13.3. The predicted molar refractivity (Wildman–Crippen MR) is 83.4 cm³/mol. The van der Waals surface area contributed by atoms with Crippen LogP contribution in [0.1, 0.15) is 25.0 Å². The van der Waals surface area contributed by atoms with E-state index in [9.17, 15) is 4.39 Å². The maximum Gasteiger partial charge on any atom is 0.126 e. The fourth-order valence-electron chi connectivity index (χ4n) is 2.43. The third-order valence-electron chi connectivity index (χ3n) is 3.54. The molecule has 20 heavy (non-hydrogen) atoms. The van der Waals surface area contributed by atoms with Crippen molar-refractivity contribution in [1.82, 2.24) is 5.32 Å². The smallest absolute Gasteiger partial charge is 0.126 e. The molecule has 0 aliphatic heterocycles. The van der Waals surface area contributed by atoms with Gasteiger partial charge in [-0.1, -0.05) is 37.3 Å². The van der Waals surface area contributed by atoms with E-state index in [1.54, 1.807) is 6.92 Å². The van der Waals surface area contributed by atoms with Gasteiger partial charge in [-0.05, 0) is 61.2 Å². The van der Waals surface area contributed by atoms with E-state index in [1.807, 2.05) is 12.1 Å². The van der Waals surface area contributed by atoms with Gasteiger partial charge in [-0.2, -0.15) is 0 Å². The fourth-order valence-corrected chi connectivity index (χ4v) is 2.43. The molecule has 0 heterocycles. The van der Waals surface area contributed by atoms with Crippen LogP contribution in [0.15, 0.2) is 42.5 Å². The lowest BCUT2D eigenvalue weighted by Gasteiger charge is -2.12. The van der Waals surface area contributed by atoms with Crippen molar-refractivity contribution < 1.29 is 4.39 Å². The summed E-state index contributed by atoms with van der Waals surface area (Å²) in [4.78, 5) is 0. The average Bonchev–Trinajstić information content (AvgIpc) is 2.43. The van der Waals surface area contributed by atoms with Crippen molar-refractivity contribution in [2.24, 2.45) is 0 Å². The lowest BCUT2D eigenvalue weighted by atomic mass is 10.00. The van der Waals surface area contributed by atoms with E-state index in [-0.39, 0.29) is 5.82 Å². The zero-order valence-electron chi connectivity index (χ0n) is 12.4. The molecule has 1 atom stereocenters. The second kappa shape index (κ2) is 6.67. The summed E-state index contributed by atoms with van der Waals surface area (Å²) < 4.78 is 13.3. The van der Waals surface area contributed by atoms with Crippen LogP contribution >= 0.6 is 0 Å². The summed E-state index contributed by atoms with van der Waals surface area (Å²) in [5.41, 5.74) is 4.21. The van der Waals surface area contributed by atoms with E-state index in [4.69, 9.17) is 0 Å². The average molecular weight is 271 g/mol. The maximum atomic E-state index is 13.3. The summed E-state index contributed by atoms with van der Waals surface area (Å²) in [6.07, 6.45) is 1.02. The van der Waals surface area contributed by atoms with Crippen molar-refractivity contribution >= 4 is 0 Å². The van der Waals surface area contributed by atoms with Gasteiger partial charge in [0.25, 0.3) is 0 Å². The van der Waals surface area contributed by atoms with Gasteiger partial charge in [-0.15, -0.1) is 0 Å². The molecular weight excluding hydrogens is 249 g/mol. The Morgan fingerprint density at radius 3 is 2.30 bits per heavy atom. The summed E-state index contributed by atoms with van der Waals surface area (Å²) in [5, 5.41) is 3.41. The number of rotatable bonds is 5. The largest absolute Gasteiger partial charge is 0.314 e. The molecule has 0 spiro atoms. The molecule has 2 heteroatoms. The Morgan fingerprint density at radius 2 is 1.70 bits per heavy atom. The van der Waals surface area contributed by atoms with Gasteiger partial charge in [0, 0.05) is 6.04 Å². The van der Waals surface area contributed by atoms with Gasteiger partial charge >= 0.3 is 0 Å². The van der Waals surface area contributed by atoms with Gasteiger partial charge in [0.05, 0.1) is 0 Å². The van der Waals surface area contributed by atoms with Crippen molar-refractivity contribution in [1.29, 1.82) is 0 Å². The quantitative estimate of drug-likeness (QED) is 0.853. The van der Waals surface area contributed by atoms with Gasteiger partial charge < -0.3 is 5.32 Å². The van der Waals surface area contributed by atoms with Crippen LogP contribution in [-0.2, 0) is 6.42 Å². The van der Waals surface area contributed by atoms with E-state index >= 15 is 0 Å². The molecule has 0 aliphatic rings. The minimum Gasteiger partial charge on any atom is -0.314 e. The summed E-state index contributed by atoms with van der Waals surface area (Å²) >= 11 is 0. The lowest BCUT2D eigenvalue weighted by molar-refractivity contribution is 0.565. The molecule has 0 radical (unpaired) electrons. The highest BCUT2D eigenvalue weighted by Gasteiger charge is 2.04. The second-order valence-corrected chi connectivity index (χ2v) is 5.32. The Balaban J connectivity index is 2.13. The standard InChI is InChI=1S/C18H22FN/c1-4-20-14(3)12-15-5-7-16(8-6-15)17-9-10-18(19)13(2)11-17/h5-11,14,20H,4,12H2,1-3H3. The molecule has 2 aromatic rings. The highest BCUT2D eigenvalue weighted by Crippen LogP contribution is 2.22. The minimum absolute atomic E-state index is 0.148. The number of aryl methyl sites for hydroxylation is 1. The van der Waals surface area contributed by atoms with E-state index < -0.39 is 0 Å².